The summed E-state index contributed by atoms with van der Waals surface area (Å²) >= 11 is 0. The lowest BCUT2D eigenvalue weighted by Crippen LogP contribution is -2.11. The first-order chi connectivity index (χ1) is 5.89. The van der Waals surface area contributed by atoms with Gasteiger partial charge in [-0.25, -0.2) is 9.78 Å². The summed E-state index contributed by atoms with van der Waals surface area (Å²) in [5.41, 5.74) is 5.45. The van der Waals surface area contributed by atoms with Gasteiger partial charge in [-0.2, -0.15) is 0 Å². The fourth-order valence-corrected chi connectivity index (χ4v) is 1.10. The van der Waals surface area contributed by atoms with Crippen molar-refractivity contribution < 1.29 is 9.78 Å². The number of nitrogens with two attached hydrogens (primary N) is 1. The molecule has 2 rings (SSSR count). The molecule has 0 aromatic carbocycles. The Morgan fingerprint density at radius 2 is 1.83 bits per heavy atom. The summed E-state index contributed by atoms with van der Waals surface area (Å²) in [5, 5.41) is 0. The van der Waals surface area contributed by atoms with Crippen LogP contribution >= 0.6 is 0 Å². The van der Waals surface area contributed by atoms with Gasteiger partial charge in [0.25, 0.3) is 0 Å². The van der Waals surface area contributed by atoms with Crippen LogP contribution in [0.5, 0.6) is 0 Å². The minimum atomic E-state index is 0.366. The second-order valence-electron chi connectivity index (χ2n) is 3.02. The molecule has 12 heavy (non-hydrogen) atoms. The molecule has 1 aliphatic carbocycles. The van der Waals surface area contributed by atoms with Crippen LogP contribution in [0, 0.1) is 0 Å². The highest BCUT2D eigenvalue weighted by Gasteiger charge is 1.99. The van der Waals surface area contributed by atoms with E-state index in [1.54, 1.807) is 0 Å². The monoisotopic (exact) mass is 171 g/mol. The Balaban J connectivity index is 0.000000120. The van der Waals surface area contributed by atoms with Crippen molar-refractivity contribution in [2.24, 2.45) is 5.73 Å². The van der Waals surface area contributed by atoms with E-state index in [-0.39, 0.29) is 0 Å². The van der Waals surface area contributed by atoms with Crippen molar-refractivity contribution >= 4 is 0 Å². The van der Waals surface area contributed by atoms with Crippen LogP contribution in [0.15, 0.2) is 12.2 Å². The SMILES string of the molecule is C1CCOOC1.NC1C=CCC1. The van der Waals surface area contributed by atoms with E-state index in [0.29, 0.717) is 6.04 Å². The molecule has 0 amide bonds. The van der Waals surface area contributed by atoms with E-state index < -0.39 is 0 Å². The molecule has 3 nitrogen and oxygen atoms in total. The maximum absolute atomic E-state index is 5.45. The smallest absolute Gasteiger partial charge is 0.0823 e. The van der Waals surface area contributed by atoms with E-state index in [4.69, 9.17) is 5.73 Å². The van der Waals surface area contributed by atoms with E-state index in [2.05, 4.69) is 21.9 Å². The molecule has 1 saturated heterocycles. The van der Waals surface area contributed by atoms with E-state index >= 15 is 0 Å². The van der Waals surface area contributed by atoms with Crippen molar-refractivity contribution in [3.8, 4) is 0 Å². The second kappa shape index (κ2) is 6.17. The van der Waals surface area contributed by atoms with Gasteiger partial charge in [0.1, 0.15) is 0 Å². The van der Waals surface area contributed by atoms with Gasteiger partial charge in [-0.3, -0.25) is 0 Å². The average Bonchev–Trinajstić information content (AvgIpc) is 2.60. The zero-order chi connectivity index (χ0) is 8.65. The summed E-state index contributed by atoms with van der Waals surface area (Å²) < 4.78 is 0. The zero-order valence-corrected chi connectivity index (χ0v) is 7.37. The molecule has 0 saturated carbocycles. The van der Waals surface area contributed by atoms with E-state index in [0.717, 1.165) is 32.5 Å². The van der Waals surface area contributed by atoms with Gasteiger partial charge in [0.2, 0.25) is 0 Å². The topological polar surface area (TPSA) is 44.5 Å². The van der Waals surface area contributed by atoms with Crippen LogP contribution in [0.1, 0.15) is 25.7 Å². The maximum atomic E-state index is 5.45. The molecule has 1 aliphatic heterocycles. The van der Waals surface area contributed by atoms with Crippen LogP contribution in [-0.4, -0.2) is 19.3 Å². The lowest BCUT2D eigenvalue weighted by atomic mass is 10.3. The van der Waals surface area contributed by atoms with Crippen molar-refractivity contribution in [3.63, 3.8) is 0 Å². The Kier molecular flexibility index (Phi) is 4.99. The summed E-state index contributed by atoms with van der Waals surface area (Å²) in [6, 6.07) is 0.366. The molecule has 1 atom stereocenters. The highest BCUT2D eigenvalue weighted by atomic mass is 17.2. The standard InChI is InChI=1S/C5H9N.C4H8O2/c6-5-3-1-2-4-5;1-2-4-6-5-3-1/h1,3,5H,2,4,6H2;1-4H2. The molecule has 1 heterocycles. The van der Waals surface area contributed by atoms with Crippen molar-refractivity contribution in [1.82, 2.24) is 0 Å². The van der Waals surface area contributed by atoms with Gasteiger partial charge in [-0.15, -0.1) is 0 Å². The third-order valence-corrected chi connectivity index (χ3v) is 1.84. The van der Waals surface area contributed by atoms with Crippen LogP contribution in [0.3, 0.4) is 0 Å². The van der Waals surface area contributed by atoms with E-state index in [9.17, 15) is 0 Å². The van der Waals surface area contributed by atoms with Crippen LogP contribution < -0.4 is 5.73 Å². The van der Waals surface area contributed by atoms with Crippen LogP contribution in [0.4, 0.5) is 0 Å². The second-order valence-corrected chi connectivity index (χ2v) is 3.02. The normalized spacial score (nSPS) is 27.9. The molecule has 0 spiro atoms. The molecule has 0 aromatic rings. The van der Waals surface area contributed by atoms with Gasteiger partial charge < -0.3 is 5.73 Å². The predicted molar refractivity (Wildman–Crippen MR) is 47.5 cm³/mol. The third-order valence-electron chi connectivity index (χ3n) is 1.84. The summed E-state index contributed by atoms with van der Waals surface area (Å²) in [7, 11) is 0. The van der Waals surface area contributed by atoms with Gasteiger partial charge in [0.15, 0.2) is 0 Å². The van der Waals surface area contributed by atoms with Crippen LogP contribution in [0.25, 0.3) is 0 Å². The molecule has 0 aromatic heterocycles. The van der Waals surface area contributed by atoms with Gasteiger partial charge in [0.05, 0.1) is 13.2 Å². The number of allylic oxidation sites excluding steroid dienone is 1. The predicted octanol–water partition coefficient (Wildman–Crippen LogP) is 1.39. The van der Waals surface area contributed by atoms with Crippen molar-refractivity contribution in [1.29, 1.82) is 0 Å². The minimum Gasteiger partial charge on any atom is -0.324 e. The fourth-order valence-electron chi connectivity index (χ4n) is 1.10. The summed E-state index contributed by atoms with van der Waals surface area (Å²) in [5.74, 6) is 0. The van der Waals surface area contributed by atoms with Crippen molar-refractivity contribution in [3.05, 3.63) is 12.2 Å². The first kappa shape index (κ1) is 9.71. The first-order valence-corrected chi connectivity index (χ1v) is 4.56. The number of hydrogen-bond donors (Lipinski definition) is 1. The lowest BCUT2D eigenvalue weighted by molar-refractivity contribution is -0.312. The Bertz CT molecular complexity index is 121. The molecule has 1 unspecified atom stereocenters. The van der Waals surface area contributed by atoms with E-state index in [1.807, 2.05) is 0 Å². The summed E-state index contributed by atoms with van der Waals surface area (Å²) in [6.45, 7) is 1.56. The van der Waals surface area contributed by atoms with Crippen LogP contribution in [-0.2, 0) is 9.78 Å². The Hall–Kier alpha value is -0.380. The molecule has 2 N–H and O–H groups in total. The Morgan fingerprint density at radius 3 is 2.00 bits per heavy atom. The third kappa shape index (κ3) is 4.49. The molecule has 0 bridgehead atoms. The molecular formula is C9H17NO2. The molecule has 0 radical (unpaired) electrons. The lowest BCUT2D eigenvalue weighted by Gasteiger charge is -2.07. The fraction of sp³-hybridized carbons (Fsp3) is 0.778. The molecule has 2 aliphatic rings. The van der Waals surface area contributed by atoms with Gasteiger partial charge in [-0.1, -0.05) is 12.2 Å². The Morgan fingerprint density at radius 1 is 1.17 bits per heavy atom. The summed E-state index contributed by atoms with van der Waals surface area (Å²) in [4.78, 5) is 9.14. The summed E-state index contributed by atoms with van der Waals surface area (Å²) in [6.07, 6.45) is 8.83. The zero-order valence-electron chi connectivity index (χ0n) is 7.37. The minimum absolute atomic E-state index is 0.366. The van der Waals surface area contributed by atoms with Crippen molar-refractivity contribution in [2.45, 2.75) is 31.7 Å². The number of hydrogen-bond acceptors (Lipinski definition) is 3. The first-order valence-electron chi connectivity index (χ1n) is 4.56. The maximum Gasteiger partial charge on any atom is 0.0823 e. The van der Waals surface area contributed by atoms with Crippen molar-refractivity contribution in [2.75, 3.05) is 13.2 Å². The largest absolute Gasteiger partial charge is 0.324 e. The quantitative estimate of drug-likeness (QED) is 0.442. The molecular weight excluding hydrogens is 154 g/mol. The van der Waals surface area contributed by atoms with E-state index in [1.165, 1.54) is 6.42 Å². The van der Waals surface area contributed by atoms with Gasteiger partial charge in [0, 0.05) is 6.04 Å². The number of rotatable bonds is 0. The average molecular weight is 171 g/mol. The van der Waals surface area contributed by atoms with Gasteiger partial charge in [-0.05, 0) is 25.7 Å². The molecule has 1 fully saturated rings. The molecule has 3 heteroatoms. The molecule has 70 valence electrons. The van der Waals surface area contributed by atoms with Gasteiger partial charge >= 0.3 is 0 Å². The highest BCUT2D eigenvalue weighted by Crippen LogP contribution is 2.04. The Labute approximate surface area is 73.5 Å². The van der Waals surface area contributed by atoms with Crippen LogP contribution in [0.2, 0.25) is 0 Å². The highest BCUT2D eigenvalue weighted by molar-refractivity contribution is 4.98.